The van der Waals surface area contributed by atoms with E-state index in [1.807, 2.05) is 48.8 Å². The maximum atomic E-state index is 6.24. The van der Waals surface area contributed by atoms with E-state index in [-0.39, 0.29) is 11.8 Å². The van der Waals surface area contributed by atoms with Gasteiger partial charge in [-0.25, -0.2) is 19.0 Å². The number of benzene rings is 4. The average molecular weight is 791 g/mol. The monoisotopic (exact) mass is 788 g/mol. The lowest BCUT2D eigenvalue weighted by atomic mass is 9.84. The van der Waals surface area contributed by atoms with Crippen LogP contribution in [-0.4, -0.2) is 42.3 Å². The number of hydrogen-bond acceptors (Lipinski definition) is 6. The second kappa shape index (κ2) is 14.8. The molecule has 10 rings (SSSR count). The Labute approximate surface area is 331 Å². The molecule has 268 valence electrons. The molecule has 0 radical (unpaired) electrons. The van der Waals surface area contributed by atoms with E-state index in [9.17, 15) is 0 Å². The summed E-state index contributed by atoms with van der Waals surface area (Å²) in [4.78, 5) is 8.40. The van der Waals surface area contributed by atoms with Crippen LogP contribution in [-0.2, 0) is 13.1 Å². The maximum absolute atomic E-state index is 6.24. The van der Waals surface area contributed by atoms with Crippen molar-refractivity contribution in [3.8, 4) is 22.3 Å². The molecule has 4 aromatic heterocycles. The van der Waals surface area contributed by atoms with E-state index < -0.39 is 0 Å². The molecule has 0 fully saturated rings. The number of nitrogens with zero attached hydrogens (tertiary/aromatic N) is 6. The van der Waals surface area contributed by atoms with Gasteiger partial charge in [-0.2, -0.15) is 10.2 Å². The van der Waals surface area contributed by atoms with Gasteiger partial charge in [0.2, 0.25) is 0 Å². The third kappa shape index (κ3) is 6.86. The van der Waals surface area contributed by atoms with Gasteiger partial charge < -0.3 is 10.6 Å². The van der Waals surface area contributed by atoms with Gasteiger partial charge >= 0.3 is 0 Å². The van der Waals surface area contributed by atoms with Gasteiger partial charge in [0.15, 0.2) is 11.3 Å². The highest BCUT2D eigenvalue weighted by atomic mass is 35.5. The molecule has 6 heterocycles. The summed E-state index contributed by atoms with van der Waals surface area (Å²) in [6, 6.07) is 33.2. The van der Waals surface area contributed by atoms with Crippen molar-refractivity contribution in [1.29, 1.82) is 0 Å². The maximum Gasteiger partial charge on any atom is 0.155 e. The third-order valence-electron chi connectivity index (χ3n) is 10.3. The van der Waals surface area contributed by atoms with Gasteiger partial charge in [-0.1, -0.05) is 82.8 Å². The molecule has 2 N–H and O–H groups in total. The van der Waals surface area contributed by atoms with Crippen LogP contribution in [0, 0.1) is 0 Å². The van der Waals surface area contributed by atoms with Gasteiger partial charge in [0.05, 0.1) is 20.1 Å². The Hall–Kier alpha value is -4.80. The molecule has 8 aromatic rings. The predicted molar refractivity (Wildman–Crippen MR) is 217 cm³/mol. The topological polar surface area (TPSA) is 84.4 Å². The molecule has 2 aliphatic rings. The van der Waals surface area contributed by atoms with Crippen LogP contribution in [0.2, 0.25) is 20.1 Å². The number of halogens is 4. The Balaban J connectivity index is 0.000000142. The molecule has 0 aliphatic carbocycles. The Bertz CT molecular complexity index is 2490. The van der Waals surface area contributed by atoms with Crippen LogP contribution in [0.4, 0.5) is 0 Å². The Morgan fingerprint density at radius 1 is 0.481 bits per heavy atom. The van der Waals surface area contributed by atoms with Gasteiger partial charge in [0.25, 0.3) is 0 Å². The van der Waals surface area contributed by atoms with E-state index in [2.05, 4.69) is 91.5 Å². The normalized spacial score (nSPS) is 16.4. The Kier molecular flexibility index (Phi) is 9.57. The molecule has 0 spiro atoms. The quantitative estimate of drug-likeness (QED) is 0.185. The van der Waals surface area contributed by atoms with E-state index in [1.54, 1.807) is 21.7 Å². The first-order chi connectivity index (χ1) is 26.4. The van der Waals surface area contributed by atoms with Crippen LogP contribution in [0.25, 0.3) is 33.5 Å². The largest absolute Gasteiger partial charge is 0.312 e. The fraction of sp³-hybridized carbons (Fsp3) is 0.143. The number of nitrogens with one attached hydrogen (secondary N) is 2. The van der Waals surface area contributed by atoms with Gasteiger partial charge in [-0.15, -0.1) is 0 Å². The molecular weight excluding hydrogens is 758 g/mol. The lowest BCUT2D eigenvalue weighted by molar-refractivity contribution is 0.591. The Morgan fingerprint density at radius 3 is 1.37 bits per heavy atom. The molecule has 2 unspecified atom stereocenters. The standard InChI is InChI=1S/2C21H16Cl2N4/c2*22-19-5-2-14(8-20(19)23)18-10-24-9-16-7-13(1-4-17(16)18)15-3-6-21-25-12-26-27(21)11-15/h2*1-8,11-12,18,24H,9-10H2. The SMILES string of the molecule is Clc1ccc(C2CNCc3cc(-c4ccc5ncnn5c4)ccc32)cc1Cl.Clc1ccc(C2CNCc3cc(-c4ccc5ncnn5c4)ccc32)cc1Cl. The van der Waals surface area contributed by atoms with Crippen molar-refractivity contribution in [3.05, 3.63) is 176 Å². The summed E-state index contributed by atoms with van der Waals surface area (Å²) in [5, 5.41) is 17.9. The Morgan fingerprint density at radius 2 is 0.926 bits per heavy atom. The van der Waals surface area contributed by atoms with Crippen molar-refractivity contribution in [2.24, 2.45) is 0 Å². The molecule has 0 amide bonds. The summed E-state index contributed by atoms with van der Waals surface area (Å²) < 4.78 is 3.59. The smallest absolute Gasteiger partial charge is 0.155 e. The van der Waals surface area contributed by atoms with Gasteiger partial charge in [0.1, 0.15) is 12.7 Å². The summed E-state index contributed by atoms with van der Waals surface area (Å²) in [5.74, 6) is 0.519. The summed E-state index contributed by atoms with van der Waals surface area (Å²) in [6.07, 6.45) is 7.16. The van der Waals surface area contributed by atoms with Crippen molar-refractivity contribution in [3.63, 3.8) is 0 Å². The van der Waals surface area contributed by atoms with Crippen LogP contribution in [0.15, 0.2) is 122 Å². The number of pyridine rings is 2. The zero-order valence-corrected chi connectivity index (χ0v) is 31.7. The first kappa shape index (κ1) is 34.9. The molecule has 0 saturated heterocycles. The van der Waals surface area contributed by atoms with Crippen molar-refractivity contribution >= 4 is 57.7 Å². The second-order valence-electron chi connectivity index (χ2n) is 13.5. The highest BCUT2D eigenvalue weighted by Gasteiger charge is 2.24. The average Bonchev–Trinajstić information content (AvgIpc) is 3.89. The zero-order chi connectivity index (χ0) is 36.8. The number of fused-ring (bicyclic) bond motifs is 4. The first-order valence-electron chi connectivity index (χ1n) is 17.5. The summed E-state index contributed by atoms with van der Waals surface area (Å²) >= 11 is 24.6. The van der Waals surface area contributed by atoms with Crippen LogP contribution in [0.5, 0.6) is 0 Å². The summed E-state index contributed by atoms with van der Waals surface area (Å²) in [5.41, 5.74) is 13.9. The van der Waals surface area contributed by atoms with Crippen molar-refractivity contribution in [1.82, 2.24) is 39.8 Å². The van der Waals surface area contributed by atoms with Crippen LogP contribution in [0.1, 0.15) is 45.2 Å². The molecule has 0 bridgehead atoms. The predicted octanol–water partition coefficient (Wildman–Crippen LogP) is 9.88. The van der Waals surface area contributed by atoms with Crippen LogP contribution < -0.4 is 10.6 Å². The van der Waals surface area contributed by atoms with E-state index in [0.717, 1.165) is 48.6 Å². The van der Waals surface area contributed by atoms with E-state index in [0.29, 0.717) is 20.1 Å². The van der Waals surface area contributed by atoms with Gasteiger partial charge in [-0.05, 0) is 105 Å². The molecule has 4 aromatic carbocycles. The number of aromatic nitrogens is 6. The molecule has 2 atom stereocenters. The minimum absolute atomic E-state index is 0.260. The van der Waals surface area contributed by atoms with E-state index >= 15 is 0 Å². The van der Waals surface area contributed by atoms with Crippen molar-refractivity contribution in [2.75, 3.05) is 13.1 Å². The number of hydrogen-bond donors (Lipinski definition) is 2. The molecule has 54 heavy (non-hydrogen) atoms. The molecule has 2 aliphatic heterocycles. The highest BCUT2D eigenvalue weighted by molar-refractivity contribution is 6.42. The fourth-order valence-corrected chi connectivity index (χ4v) is 8.12. The van der Waals surface area contributed by atoms with Gasteiger partial charge in [-0.3, -0.25) is 0 Å². The summed E-state index contributed by atoms with van der Waals surface area (Å²) in [7, 11) is 0. The van der Waals surface area contributed by atoms with Crippen molar-refractivity contribution in [2.45, 2.75) is 24.9 Å². The van der Waals surface area contributed by atoms with E-state index in [1.165, 1.54) is 44.5 Å². The minimum Gasteiger partial charge on any atom is -0.312 e. The molecule has 8 nitrogen and oxygen atoms in total. The molecule has 12 heteroatoms. The lowest BCUT2D eigenvalue weighted by Gasteiger charge is -2.27. The first-order valence-corrected chi connectivity index (χ1v) is 19.1. The third-order valence-corrected chi connectivity index (χ3v) is 11.7. The van der Waals surface area contributed by atoms with Crippen molar-refractivity contribution < 1.29 is 0 Å². The second-order valence-corrected chi connectivity index (χ2v) is 15.1. The highest BCUT2D eigenvalue weighted by Crippen LogP contribution is 2.37. The molecule has 0 saturated carbocycles. The van der Waals surface area contributed by atoms with Crippen LogP contribution in [0.3, 0.4) is 0 Å². The lowest BCUT2D eigenvalue weighted by Crippen LogP contribution is -2.28. The fourth-order valence-electron chi connectivity index (χ4n) is 7.51. The minimum atomic E-state index is 0.260. The van der Waals surface area contributed by atoms with Gasteiger partial charge in [0, 0.05) is 61.5 Å². The zero-order valence-electron chi connectivity index (χ0n) is 28.7. The molecular formula is C42H32Cl4N8. The van der Waals surface area contributed by atoms with E-state index in [4.69, 9.17) is 46.4 Å². The van der Waals surface area contributed by atoms with Crippen LogP contribution >= 0.6 is 46.4 Å². The summed E-state index contributed by atoms with van der Waals surface area (Å²) in [6.45, 7) is 3.48. The number of rotatable bonds is 4.